The van der Waals surface area contributed by atoms with E-state index in [0.29, 0.717) is 5.56 Å². The van der Waals surface area contributed by atoms with Crippen molar-refractivity contribution in [1.29, 1.82) is 0 Å². The van der Waals surface area contributed by atoms with E-state index in [2.05, 4.69) is 15.6 Å². The lowest BCUT2D eigenvalue weighted by molar-refractivity contribution is -0.115. The lowest BCUT2D eigenvalue weighted by Crippen LogP contribution is -2.33. The zero-order valence-corrected chi connectivity index (χ0v) is 13.1. The van der Waals surface area contributed by atoms with E-state index < -0.39 is 11.9 Å². The number of esters is 1. The lowest BCUT2D eigenvalue weighted by atomic mass is 10.2. The maximum Gasteiger partial charge on any atom is 0.341 e. The van der Waals surface area contributed by atoms with Crippen molar-refractivity contribution in [2.45, 2.75) is 6.92 Å². The van der Waals surface area contributed by atoms with Crippen molar-refractivity contribution in [1.82, 2.24) is 10.3 Å². The molecule has 0 radical (unpaired) electrons. The molecule has 0 aliphatic heterocycles. The van der Waals surface area contributed by atoms with E-state index in [4.69, 9.17) is 4.74 Å². The fourth-order valence-corrected chi connectivity index (χ4v) is 1.91. The van der Waals surface area contributed by atoms with Crippen LogP contribution < -0.4 is 10.6 Å². The van der Waals surface area contributed by atoms with E-state index in [1.165, 1.54) is 12.3 Å². The molecule has 0 fully saturated rings. The van der Waals surface area contributed by atoms with Gasteiger partial charge in [-0.3, -0.25) is 9.59 Å². The summed E-state index contributed by atoms with van der Waals surface area (Å²) in [7, 11) is 0. The Balaban J connectivity index is 1.95. The number of amides is 2. The van der Waals surface area contributed by atoms with Gasteiger partial charge < -0.3 is 15.4 Å². The monoisotopic (exact) mass is 327 g/mol. The molecule has 0 saturated heterocycles. The summed E-state index contributed by atoms with van der Waals surface area (Å²) in [6.45, 7) is 1.66. The summed E-state index contributed by atoms with van der Waals surface area (Å²) in [5.41, 5.74) is 0.609. The van der Waals surface area contributed by atoms with Crippen LogP contribution in [0, 0.1) is 0 Å². The topological polar surface area (TPSA) is 97.4 Å². The molecule has 0 aliphatic carbocycles. The molecule has 124 valence electrons. The number of carbonyl (C=O) groups is 3. The normalized spacial score (nSPS) is 9.88. The number of carbonyl (C=O) groups excluding carboxylic acids is 3. The zero-order chi connectivity index (χ0) is 17.4. The smallest absolute Gasteiger partial charge is 0.341 e. The molecule has 0 spiro atoms. The minimum Gasteiger partial charge on any atom is -0.462 e. The third kappa shape index (κ3) is 4.64. The Hall–Kier alpha value is -3.22. The van der Waals surface area contributed by atoms with Crippen molar-refractivity contribution >= 4 is 23.6 Å². The summed E-state index contributed by atoms with van der Waals surface area (Å²) in [4.78, 5) is 39.6. The molecule has 1 aromatic heterocycles. The summed E-state index contributed by atoms with van der Waals surface area (Å²) in [6, 6.07) is 11.6. The molecule has 24 heavy (non-hydrogen) atoms. The van der Waals surface area contributed by atoms with Crippen LogP contribution in [-0.2, 0) is 9.53 Å². The summed E-state index contributed by atoms with van der Waals surface area (Å²) >= 11 is 0. The number of anilines is 1. The van der Waals surface area contributed by atoms with Crippen LogP contribution in [0.5, 0.6) is 0 Å². The Bertz CT molecular complexity index is 732. The van der Waals surface area contributed by atoms with Crippen molar-refractivity contribution in [3.8, 4) is 0 Å². The molecule has 1 heterocycles. The Kier molecular flexibility index (Phi) is 6.01. The number of aromatic nitrogens is 1. The standard InChI is InChI=1S/C17H17N3O4/c1-2-24-17(23)13-9-6-10-18-15(13)20-14(21)11-19-16(22)12-7-4-3-5-8-12/h3-10H,2,11H2,1H3,(H,19,22)(H,18,20,21). The van der Waals surface area contributed by atoms with Gasteiger partial charge in [-0.05, 0) is 31.2 Å². The van der Waals surface area contributed by atoms with Crippen molar-refractivity contribution in [2.75, 3.05) is 18.5 Å². The highest BCUT2D eigenvalue weighted by Crippen LogP contribution is 2.12. The molecule has 0 saturated carbocycles. The first-order valence-corrected chi connectivity index (χ1v) is 7.37. The molecule has 2 amide bonds. The number of rotatable bonds is 6. The average Bonchev–Trinajstić information content (AvgIpc) is 2.61. The summed E-state index contributed by atoms with van der Waals surface area (Å²) in [5.74, 6) is -1.34. The van der Waals surface area contributed by atoms with Crippen molar-refractivity contribution in [2.24, 2.45) is 0 Å². The number of ether oxygens (including phenoxy) is 1. The first kappa shape index (κ1) is 17.1. The Morgan fingerprint density at radius 1 is 1.08 bits per heavy atom. The van der Waals surface area contributed by atoms with Crippen LogP contribution in [0.1, 0.15) is 27.6 Å². The fraction of sp³-hybridized carbons (Fsp3) is 0.176. The van der Waals surface area contributed by atoms with E-state index in [1.54, 1.807) is 43.3 Å². The Labute approximate surface area is 139 Å². The van der Waals surface area contributed by atoms with Crippen LogP contribution in [-0.4, -0.2) is 35.9 Å². The summed E-state index contributed by atoms with van der Waals surface area (Å²) in [5, 5.41) is 4.99. The molecular weight excluding hydrogens is 310 g/mol. The molecule has 0 unspecified atom stereocenters. The second kappa shape index (κ2) is 8.42. The zero-order valence-electron chi connectivity index (χ0n) is 13.1. The largest absolute Gasteiger partial charge is 0.462 e. The van der Waals surface area contributed by atoms with Crippen LogP contribution in [0.4, 0.5) is 5.82 Å². The molecule has 0 aliphatic rings. The maximum absolute atomic E-state index is 12.0. The summed E-state index contributed by atoms with van der Waals surface area (Å²) < 4.78 is 4.91. The second-order valence-electron chi connectivity index (χ2n) is 4.72. The first-order valence-electron chi connectivity index (χ1n) is 7.37. The van der Waals surface area contributed by atoms with Crippen molar-refractivity contribution in [3.63, 3.8) is 0 Å². The minimum atomic E-state index is -0.575. The van der Waals surface area contributed by atoms with Crippen LogP contribution in [0.2, 0.25) is 0 Å². The van der Waals surface area contributed by atoms with E-state index in [0.717, 1.165) is 0 Å². The predicted octanol–water partition coefficient (Wildman–Crippen LogP) is 1.63. The molecular formula is C17H17N3O4. The number of nitrogens with zero attached hydrogens (tertiary/aromatic N) is 1. The molecule has 7 nitrogen and oxygen atoms in total. The van der Waals surface area contributed by atoms with Crippen LogP contribution in [0.25, 0.3) is 0 Å². The number of nitrogens with one attached hydrogen (secondary N) is 2. The highest BCUT2D eigenvalue weighted by Gasteiger charge is 2.15. The van der Waals surface area contributed by atoms with E-state index in [1.807, 2.05) is 0 Å². The molecule has 2 aromatic rings. The van der Waals surface area contributed by atoms with Gasteiger partial charge in [-0.2, -0.15) is 0 Å². The lowest BCUT2D eigenvalue weighted by Gasteiger charge is -2.10. The minimum absolute atomic E-state index is 0.0925. The van der Waals surface area contributed by atoms with Gasteiger partial charge in [-0.1, -0.05) is 18.2 Å². The number of pyridine rings is 1. The van der Waals surface area contributed by atoms with Gasteiger partial charge in [0.1, 0.15) is 11.4 Å². The number of hydrogen-bond donors (Lipinski definition) is 2. The van der Waals surface area contributed by atoms with Gasteiger partial charge in [0.05, 0.1) is 13.2 Å². The van der Waals surface area contributed by atoms with Crippen LogP contribution >= 0.6 is 0 Å². The Morgan fingerprint density at radius 2 is 1.83 bits per heavy atom. The third-order valence-corrected chi connectivity index (χ3v) is 3.01. The SMILES string of the molecule is CCOC(=O)c1cccnc1NC(=O)CNC(=O)c1ccccc1. The maximum atomic E-state index is 12.0. The third-order valence-electron chi connectivity index (χ3n) is 3.01. The highest BCUT2D eigenvalue weighted by atomic mass is 16.5. The van der Waals surface area contributed by atoms with Crippen LogP contribution in [0.15, 0.2) is 48.7 Å². The van der Waals surface area contributed by atoms with Gasteiger partial charge >= 0.3 is 5.97 Å². The van der Waals surface area contributed by atoms with E-state index >= 15 is 0 Å². The van der Waals surface area contributed by atoms with Gasteiger partial charge in [-0.25, -0.2) is 9.78 Å². The number of hydrogen-bond acceptors (Lipinski definition) is 5. The summed E-state index contributed by atoms with van der Waals surface area (Å²) in [6.07, 6.45) is 1.45. The van der Waals surface area contributed by atoms with E-state index in [-0.39, 0.29) is 30.4 Å². The average molecular weight is 327 g/mol. The first-order chi connectivity index (χ1) is 11.6. The van der Waals surface area contributed by atoms with Crippen molar-refractivity contribution < 1.29 is 19.1 Å². The highest BCUT2D eigenvalue weighted by molar-refractivity contribution is 6.02. The molecule has 0 atom stereocenters. The quantitative estimate of drug-likeness (QED) is 0.786. The predicted molar refractivity (Wildman–Crippen MR) is 87.6 cm³/mol. The number of benzene rings is 1. The molecule has 2 rings (SSSR count). The Morgan fingerprint density at radius 3 is 2.54 bits per heavy atom. The van der Waals surface area contributed by atoms with Gasteiger partial charge in [0.15, 0.2) is 0 Å². The van der Waals surface area contributed by atoms with Crippen LogP contribution in [0.3, 0.4) is 0 Å². The van der Waals surface area contributed by atoms with Gasteiger partial charge in [-0.15, -0.1) is 0 Å². The van der Waals surface area contributed by atoms with Gasteiger partial charge in [0.25, 0.3) is 5.91 Å². The van der Waals surface area contributed by atoms with Gasteiger partial charge in [0.2, 0.25) is 5.91 Å². The molecule has 0 bridgehead atoms. The molecule has 7 heteroatoms. The van der Waals surface area contributed by atoms with Crippen molar-refractivity contribution in [3.05, 3.63) is 59.8 Å². The molecule has 2 N–H and O–H groups in total. The second-order valence-corrected chi connectivity index (χ2v) is 4.72. The van der Waals surface area contributed by atoms with Gasteiger partial charge in [0, 0.05) is 11.8 Å². The fourth-order valence-electron chi connectivity index (χ4n) is 1.91. The molecule has 1 aromatic carbocycles. The van der Waals surface area contributed by atoms with E-state index in [9.17, 15) is 14.4 Å².